The molecule has 1 N–H and O–H groups in total. The molecule has 1 unspecified atom stereocenters. The van der Waals surface area contributed by atoms with Gasteiger partial charge >= 0.3 is 5.97 Å². The van der Waals surface area contributed by atoms with Crippen LogP contribution in [-0.4, -0.2) is 22.1 Å². The Balaban J connectivity index is 4.09. The molecule has 54 valence electrons. The van der Waals surface area contributed by atoms with Gasteiger partial charge in [-0.1, -0.05) is 6.92 Å². The Hall–Kier alpha value is -0.180. The predicted molar refractivity (Wildman–Crippen MR) is 39.8 cm³/mol. The summed E-state index contributed by atoms with van der Waals surface area (Å²) < 4.78 is -0.583. The number of carbonyl (C=O) groups is 1. The van der Waals surface area contributed by atoms with E-state index in [0.29, 0.717) is 6.42 Å². The zero-order valence-corrected chi connectivity index (χ0v) is 6.79. The number of hydrogen-bond donors (Lipinski definition) is 1. The lowest BCUT2D eigenvalue weighted by Gasteiger charge is -2.18. The molecule has 0 fully saturated rings. The molecule has 9 heavy (non-hydrogen) atoms. The zero-order chi connectivity index (χ0) is 7.49. The Kier molecular flexibility index (Phi) is 3.04. The fraction of sp³-hybridized carbons (Fsp3) is 0.833. The molecule has 0 amide bonds. The van der Waals surface area contributed by atoms with Gasteiger partial charge in [-0.15, -0.1) is 11.8 Å². The molecule has 0 spiro atoms. The van der Waals surface area contributed by atoms with Crippen LogP contribution in [0.1, 0.15) is 20.3 Å². The van der Waals surface area contributed by atoms with Crippen LogP contribution in [0.3, 0.4) is 0 Å². The first-order valence-corrected chi connectivity index (χ1v) is 4.08. The van der Waals surface area contributed by atoms with Gasteiger partial charge < -0.3 is 5.11 Å². The normalized spacial score (nSPS) is 16.8. The van der Waals surface area contributed by atoms with Gasteiger partial charge in [-0.3, -0.25) is 4.79 Å². The molecule has 0 aromatic heterocycles. The summed E-state index contributed by atoms with van der Waals surface area (Å²) >= 11 is 1.38. The molecule has 0 aromatic carbocycles. The maximum absolute atomic E-state index is 10.5. The highest BCUT2D eigenvalue weighted by atomic mass is 32.2. The first-order valence-electron chi connectivity index (χ1n) is 2.85. The lowest BCUT2D eigenvalue weighted by molar-refractivity contribution is -0.139. The summed E-state index contributed by atoms with van der Waals surface area (Å²) in [6.07, 6.45) is 2.49. The minimum absolute atomic E-state index is 0.583. The van der Waals surface area contributed by atoms with Gasteiger partial charge in [0.1, 0.15) is 4.75 Å². The monoisotopic (exact) mass is 148 g/mol. The maximum atomic E-state index is 10.5. The number of rotatable bonds is 3. The number of hydrogen-bond acceptors (Lipinski definition) is 2. The Morgan fingerprint density at radius 1 is 1.78 bits per heavy atom. The van der Waals surface area contributed by atoms with Gasteiger partial charge in [-0.25, -0.2) is 0 Å². The van der Waals surface area contributed by atoms with Gasteiger partial charge in [0.25, 0.3) is 0 Å². The third-order valence-electron chi connectivity index (χ3n) is 1.58. The molecular formula is C6H12O2S. The number of aliphatic carboxylic acids is 1. The molecule has 0 rings (SSSR count). The third kappa shape index (κ3) is 1.90. The van der Waals surface area contributed by atoms with E-state index in [9.17, 15) is 4.79 Å². The van der Waals surface area contributed by atoms with Crippen molar-refractivity contribution in [3.05, 3.63) is 0 Å². The molecule has 0 aromatic rings. The molecule has 0 saturated heterocycles. The summed E-state index contributed by atoms with van der Waals surface area (Å²) in [5.74, 6) is -0.725. The Labute approximate surface area is 59.6 Å². The smallest absolute Gasteiger partial charge is 0.319 e. The quantitative estimate of drug-likeness (QED) is 0.660. The Morgan fingerprint density at radius 3 is 2.22 bits per heavy atom. The van der Waals surface area contributed by atoms with E-state index in [4.69, 9.17) is 5.11 Å². The first-order chi connectivity index (χ1) is 4.06. The van der Waals surface area contributed by atoms with E-state index in [0.717, 1.165) is 0 Å². The summed E-state index contributed by atoms with van der Waals surface area (Å²) in [6, 6.07) is 0. The number of thioether (sulfide) groups is 1. The van der Waals surface area contributed by atoms with E-state index < -0.39 is 10.7 Å². The molecule has 2 nitrogen and oxygen atoms in total. The van der Waals surface area contributed by atoms with Gasteiger partial charge in [0.05, 0.1) is 0 Å². The van der Waals surface area contributed by atoms with E-state index in [1.807, 2.05) is 13.2 Å². The van der Waals surface area contributed by atoms with Crippen molar-refractivity contribution in [1.82, 2.24) is 0 Å². The van der Waals surface area contributed by atoms with Crippen molar-refractivity contribution in [2.24, 2.45) is 0 Å². The van der Waals surface area contributed by atoms with Gasteiger partial charge in [0.2, 0.25) is 0 Å². The van der Waals surface area contributed by atoms with Crippen molar-refractivity contribution in [2.45, 2.75) is 25.0 Å². The van der Waals surface area contributed by atoms with Crippen molar-refractivity contribution < 1.29 is 9.90 Å². The summed E-state index contributed by atoms with van der Waals surface area (Å²) in [5, 5.41) is 8.61. The second kappa shape index (κ2) is 3.11. The third-order valence-corrected chi connectivity index (χ3v) is 2.94. The van der Waals surface area contributed by atoms with E-state index in [-0.39, 0.29) is 0 Å². The SMILES string of the molecule is CCC(C)(SC)C(=O)O. The average molecular weight is 148 g/mol. The van der Waals surface area contributed by atoms with Crippen molar-refractivity contribution in [3.63, 3.8) is 0 Å². The molecule has 0 aliphatic rings. The molecule has 0 aliphatic carbocycles. The van der Waals surface area contributed by atoms with Crippen LogP contribution >= 0.6 is 11.8 Å². The van der Waals surface area contributed by atoms with Crippen LogP contribution in [0, 0.1) is 0 Å². The minimum atomic E-state index is -0.725. The van der Waals surface area contributed by atoms with Crippen LogP contribution in [-0.2, 0) is 4.79 Å². The summed E-state index contributed by atoms with van der Waals surface area (Å²) in [5.41, 5.74) is 0. The van der Waals surface area contributed by atoms with Crippen LogP contribution in [0.2, 0.25) is 0 Å². The molecular weight excluding hydrogens is 136 g/mol. The van der Waals surface area contributed by atoms with Crippen LogP contribution < -0.4 is 0 Å². The van der Waals surface area contributed by atoms with E-state index in [2.05, 4.69) is 0 Å². The molecule has 0 radical (unpaired) electrons. The topological polar surface area (TPSA) is 37.3 Å². The minimum Gasteiger partial charge on any atom is -0.480 e. The predicted octanol–water partition coefficient (Wildman–Crippen LogP) is 1.60. The van der Waals surface area contributed by atoms with Crippen molar-refractivity contribution in [2.75, 3.05) is 6.26 Å². The molecule has 0 saturated carbocycles. The fourth-order valence-corrected chi connectivity index (χ4v) is 0.846. The fourth-order valence-electron chi connectivity index (χ4n) is 0.383. The van der Waals surface area contributed by atoms with Crippen molar-refractivity contribution >= 4 is 17.7 Å². The van der Waals surface area contributed by atoms with Crippen LogP contribution in [0.5, 0.6) is 0 Å². The van der Waals surface area contributed by atoms with Crippen LogP contribution in [0.15, 0.2) is 0 Å². The van der Waals surface area contributed by atoms with Gasteiger partial charge in [0.15, 0.2) is 0 Å². The van der Waals surface area contributed by atoms with Gasteiger partial charge in [-0.2, -0.15) is 0 Å². The van der Waals surface area contributed by atoms with Crippen molar-refractivity contribution in [1.29, 1.82) is 0 Å². The Bertz CT molecular complexity index is 108. The van der Waals surface area contributed by atoms with E-state index in [1.165, 1.54) is 11.8 Å². The summed E-state index contributed by atoms with van der Waals surface area (Å²) in [6.45, 7) is 3.62. The van der Waals surface area contributed by atoms with Crippen LogP contribution in [0.25, 0.3) is 0 Å². The molecule has 3 heteroatoms. The van der Waals surface area contributed by atoms with Crippen LogP contribution in [0.4, 0.5) is 0 Å². The standard InChI is InChI=1S/C6H12O2S/c1-4-6(2,9-3)5(7)8/h4H2,1-3H3,(H,7,8). The molecule has 0 heterocycles. The second-order valence-corrected chi connectivity index (χ2v) is 3.40. The van der Waals surface area contributed by atoms with Gasteiger partial charge in [0, 0.05) is 0 Å². The second-order valence-electron chi connectivity index (χ2n) is 2.09. The molecule has 0 bridgehead atoms. The lowest BCUT2D eigenvalue weighted by Crippen LogP contribution is -2.29. The first kappa shape index (κ1) is 8.82. The van der Waals surface area contributed by atoms with Gasteiger partial charge in [-0.05, 0) is 19.6 Å². The summed E-state index contributed by atoms with van der Waals surface area (Å²) in [4.78, 5) is 10.5. The summed E-state index contributed by atoms with van der Waals surface area (Å²) in [7, 11) is 0. The largest absolute Gasteiger partial charge is 0.480 e. The highest BCUT2D eigenvalue weighted by molar-refractivity contribution is 8.00. The molecule has 1 atom stereocenters. The zero-order valence-electron chi connectivity index (χ0n) is 5.97. The highest BCUT2D eigenvalue weighted by Crippen LogP contribution is 2.25. The number of carboxylic acids is 1. The van der Waals surface area contributed by atoms with Crippen molar-refractivity contribution in [3.8, 4) is 0 Å². The highest BCUT2D eigenvalue weighted by Gasteiger charge is 2.29. The molecule has 0 aliphatic heterocycles. The lowest BCUT2D eigenvalue weighted by atomic mass is 10.1. The average Bonchev–Trinajstić information content (AvgIpc) is 1.86. The Morgan fingerprint density at radius 2 is 2.22 bits per heavy atom. The maximum Gasteiger partial charge on any atom is 0.319 e. The van der Waals surface area contributed by atoms with E-state index in [1.54, 1.807) is 6.92 Å². The number of carboxylic acid groups (broad SMARTS) is 1. The van der Waals surface area contributed by atoms with E-state index >= 15 is 0 Å².